The third-order valence-corrected chi connectivity index (χ3v) is 3.56. The second kappa shape index (κ2) is 7.11. The first-order chi connectivity index (χ1) is 7.25. The maximum Gasteiger partial charge on any atom is 0.199 e. The minimum atomic E-state index is 0.00775. The Labute approximate surface area is 102 Å². The molecular formula is C10H13BrO3S. The van der Waals surface area contributed by atoms with E-state index in [1.54, 1.807) is 0 Å². The molecule has 0 aliphatic carbocycles. The second-order valence-corrected chi connectivity index (χ2v) is 4.54. The van der Waals surface area contributed by atoms with Crippen molar-refractivity contribution in [2.24, 2.45) is 0 Å². The molecule has 0 bridgehead atoms. The number of carbonyl (C=O) groups is 1. The third-order valence-electron chi connectivity index (χ3n) is 1.68. The van der Waals surface area contributed by atoms with Crippen LogP contribution in [0.2, 0.25) is 0 Å². The molecule has 0 aromatic carbocycles. The molecular weight excluding hydrogens is 280 g/mol. The Morgan fingerprint density at radius 1 is 1.47 bits per heavy atom. The molecule has 1 aromatic rings. The summed E-state index contributed by atoms with van der Waals surface area (Å²) in [6.45, 7) is 3.71. The van der Waals surface area contributed by atoms with E-state index >= 15 is 0 Å². The van der Waals surface area contributed by atoms with Crippen molar-refractivity contribution in [2.45, 2.75) is 6.92 Å². The van der Waals surface area contributed by atoms with Crippen LogP contribution in [0.25, 0.3) is 0 Å². The minimum Gasteiger partial charge on any atom is -0.379 e. The molecule has 15 heavy (non-hydrogen) atoms. The minimum absolute atomic E-state index is 0.00775. The molecule has 0 aliphatic heterocycles. The van der Waals surface area contributed by atoms with Gasteiger partial charge in [0.25, 0.3) is 0 Å². The number of thiophene rings is 1. The van der Waals surface area contributed by atoms with Crippen LogP contribution in [0.4, 0.5) is 0 Å². The zero-order valence-corrected chi connectivity index (χ0v) is 10.9. The fourth-order valence-electron chi connectivity index (χ4n) is 0.985. The van der Waals surface area contributed by atoms with Crippen molar-refractivity contribution in [3.63, 3.8) is 0 Å². The number of carbonyl (C=O) groups excluding carboxylic acids is 1. The summed E-state index contributed by atoms with van der Waals surface area (Å²) in [5, 5.41) is 1.87. The van der Waals surface area contributed by atoms with Crippen LogP contribution in [0.1, 0.15) is 16.6 Å². The lowest BCUT2D eigenvalue weighted by molar-refractivity contribution is 0.0477. The lowest BCUT2D eigenvalue weighted by Gasteiger charge is -2.02. The van der Waals surface area contributed by atoms with Crippen LogP contribution < -0.4 is 0 Å². The highest BCUT2D eigenvalue weighted by molar-refractivity contribution is 9.10. The topological polar surface area (TPSA) is 35.5 Å². The summed E-state index contributed by atoms with van der Waals surface area (Å²) >= 11 is 4.73. The van der Waals surface area contributed by atoms with Gasteiger partial charge in [-0.15, -0.1) is 11.3 Å². The lowest BCUT2D eigenvalue weighted by atomic mass is 10.3. The van der Waals surface area contributed by atoms with E-state index in [0.717, 1.165) is 4.47 Å². The summed E-state index contributed by atoms with van der Waals surface area (Å²) in [6, 6.07) is 1.86. The van der Waals surface area contributed by atoms with Gasteiger partial charge in [0.1, 0.15) is 6.61 Å². The number of rotatable bonds is 7. The van der Waals surface area contributed by atoms with E-state index in [0.29, 0.717) is 24.7 Å². The van der Waals surface area contributed by atoms with Gasteiger partial charge in [0, 0.05) is 11.1 Å². The Kier molecular flexibility index (Phi) is 6.09. The average Bonchev–Trinajstić information content (AvgIpc) is 2.64. The molecule has 0 atom stereocenters. The van der Waals surface area contributed by atoms with Crippen LogP contribution in [0, 0.1) is 0 Å². The molecule has 0 radical (unpaired) electrons. The van der Waals surface area contributed by atoms with Gasteiger partial charge in [0.15, 0.2) is 5.78 Å². The zero-order valence-electron chi connectivity index (χ0n) is 8.49. The lowest BCUT2D eigenvalue weighted by Crippen LogP contribution is -2.11. The highest BCUT2D eigenvalue weighted by atomic mass is 79.9. The standard InChI is InChI=1S/C10H13BrO3S/c1-2-13-4-5-14-7-9(12)10-8(11)3-6-15-10/h3,6H,2,4-5,7H2,1H3. The molecule has 1 rings (SSSR count). The molecule has 5 heteroatoms. The quantitative estimate of drug-likeness (QED) is 0.573. The average molecular weight is 293 g/mol. The van der Waals surface area contributed by atoms with Gasteiger partial charge in [-0.25, -0.2) is 0 Å². The first kappa shape index (κ1) is 12.8. The van der Waals surface area contributed by atoms with Gasteiger partial charge in [0.05, 0.1) is 18.1 Å². The van der Waals surface area contributed by atoms with Crippen molar-refractivity contribution in [2.75, 3.05) is 26.4 Å². The Morgan fingerprint density at radius 3 is 2.80 bits per heavy atom. The highest BCUT2D eigenvalue weighted by Crippen LogP contribution is 2.22. The van der Waals surface area contributed by atoms with Gasteiger partial charge in [-0.1, -0.05) is 0 Å². The molecule has 0 fully saturated rings. The molecule has 0 saturated carbocycles. The smallest absolute Gasteiger partial charge is 0.199 e. The van der Waals surface area contributed by atoms with Crippen LogP contribution in [0.15, 0.2) is 15.9 Å². The number of ketones is 1. The predicted molar refractivity (Wildman–Crippen MR) is 63.7 cm³/mol. The fraction of sp³-hybridized carbons (Fsp3) is 0.500. The van der Waals surface area contributed by atoms with Gasteiger partial charge >= 0.3 is 0 Å². The van der Waals surface area contributed by atoms with Crippen LogP contribution >= 0.6 is 27.3 Å². The SMILES string of the molecule is CCOCCOCC(=O)c1sccc1Br. The van der Waals surface area contributed by atoms with E-state index in [4.69, 9.17) is 9.47 Å². The Morgan fingerprint density at radius 2 is 2.20 bits per heavy atom. The number of ether oxygens (including phenoxy) is 2. The predicted octanol–water partition coefficient (Wildman–Crippen LogP) is 2.75. The van der Waals surface area contributed by atoms with Crippen molar-refractivity contribution in [3.8, 4) is 0 Å². The van der Waals surface area contributed by atoms with E-state index in [2.05, 4.69) is 15.9 Å². The van der Waals surface area contributed by atoms with Gasteiger partial charge in [-0.3, -0.25) is 4.79 Å². The Hall–Kier alpha value is -0.230. The van der Waals surface area contributed by atoms with Gasteiger partial charge in [-0.2, -0.15) is 0 Å². The fourth-order valence-corrected chi connectivity index (χ4v) is 2.51. The highest BCUT2D eigenvalue weighted by Gasteiger charge is 2.11. The summed E-state index contributed by atoms with van der Waals surface area (Å²) < 4.78 is 11.1. The van der Waals surface area contributed by atoms with E-state index < -0.39 is 0 Å². The van der Waals surface area contributed by atoms with E-state index in [1.165, 1.54) is 11.3 Å². The summed E-state index contributed by atoms with van der Waals surface area (Å²) in [7, 11) is 0. The first-order valence-electron chi connectivity index (χ1n) is 4.67. The van der Waals surface area contributed by atoms with Crippen LogP contribution in [0.5, 0.6) is 0 Å². The van der Waals surface area contributed by atoms with Crippen LogP contribution in [-0.4, -0.2) is 32.2 Å². The summed E-state index contributed by atoms with van der Waals surface area (Å²) in [5.74, 6) is 0.00775. The number of hydrogen-bond donors (Lipinski definition) is 0. The van der Waals surface area contributed by atoms with E-state index in [9.17, 15) is 4.79 Å². The largest absolute Gasteiger partial charge is 0.379 e. The van der Waals surface area contributed by atoms with E-state index in [1.807, 2.05) is 18.4 Å². The Balaban J connectivity index is 2.22. The summed E-state index contributed by atoms with van der Waals surface area (Å²) in [5.41, 5.74) is 0. The van der Waals surface area contributed by atoms with Crippen molar-refractivity contribution in [3.05, 3.63) is 20.8 Å². The molecule has 3 nitrogen and oxygen atoms in total. The van der Waals surface area contributed by atoms with Gasteiger partial charge in [0.2, 0.25) is 0 Å². The molecule has 0 saturated heterocycles. The molecule has 84 valence electrons. The number of halogens is 1. The monoisotopic (exact) mass is 292 g/mol. The molecule has 1 aromatic heterocycles. The van der Waals surface area contributed by atoms with Crippen molar-refractivity contribution >= 4 is 33.0 Å². The maximum atomic E-state index is 11.6. The number of hydrogen-bond acceptors (Lipinski definition) is 4. The zero-order chi connectivity index (χ0) is 11.1. The van der Waals surface area contributed by atoms with Gasteiger partial charge in [-0.05, 0) is 34.3 Å². The molecule has 0 spiro atoms. The molecule has 0 aliphatic rings. The van der Waals surface area contributed by atoms with Crippen molar-refractivity contribution in [1.82, 2.24) is 0 Å². The molecule has 0 amide bonds. The van der Waals surface area contributed by atoms with E-state index in [-0.39, 0.29) is 12.4 Å². The number of Topliss-reactive ketones (excluding diaryl/α,β-unsaturated/α-hetero) is 1. The normalized spacial score (nSPS) is 10.5. The Bertz CT molecular complexity index is 311. The van der Waals surface area contributed by atoms with Gasteiger partial charge < -0.3 is 9.47 Å². The van der Waals surface area contributed by atoms with Crippen molar-refractivity contribution < 1.29 is 14.3 Å². The summed E-state index contributed by atoms with van der Waals surface area (Å²) in [6.07, 6.45) is 0. The van der Waals surface area contributed by atoms with Crippen molar-refractivity contribution in [1.29, 1.82) is 0 Å². The maximum absolute atomic E-state index is 11.6. The van der Waals surface area contributed by atoms with Crippen LogP contribution in [0.3, 0.4) is 0 Å². The second-order valence-electron chi connectivity index (χ2n) is 2.77. The van der Waals surface area contributed by atoms with Crippen LogP contribution in [-0.2, 0) is 9.47 Å². The summed E-state index contributed by atoms with van der Waals surface area (Å²) in [4.78, 5) is 12.3. The molecule has 0 N–H and O–H groups in total. The third kappa shape index (κ3) is 4.42. The molecule has 0 unspecified atom stereocenters. The molecule has 1 heterocycles. The first-order valence-corrected chi connectivity index (χ1v) is 6.34.